The lowest BCUT2D eigenvalue weighted by Gasteiger charge is -2.36. The molecule has 2 unspecified atom stereocenters. The summed E-state index contributed by atoms with van der Waals surface area (Å²) in [5.74, 6) is -0.656. The maximum Gasteiger partial charge on any atom is 0.391 e. The van der Waals surface area contributed by atoms with Gasteiger partial charge in [0.2, 0.25) is 11.8 Å². The van der Waals surface area contributed by atoms with Gasteiger partial charge in [-0.1, -0.05) is 0 Å². The summed E-state index contributed by atoms with van der Waals surface area (Å²) in [6.07, 6.45) is -3.72. The molecule has 2 rings (SSSR count). The minimum absolute atomic E-state index is 0.0994. The molecular formula is C11H15F3N2O2. The Hall–Kier alpha value is -1.27. The Balaban J connectivity index is 2.05. The molecule has 4 nitrogen and oxygen atoms in total. The van der Waals surface area contributed by atoms with Crippen molar-refractivity contribution in [1.29, 1.82) is 0 Å². The minimum Gasteiger partial charge on any atom is -0.342 e. The Bertz CT molecular complexity index is 366. The molecule has 0 spiro atoms. The highest BCUT2D eigenvalue weighted by atomic mass is 19.4. The Morgan fingerprint density at radius 1 is 1.39 bits per heavy atom. The monoisotopic (exact) mass is 264 g/mol. The average molecular weight is 264 g/mol. The van der Waals surface area contributed by atoms with Crippen LogP contribution >= 0.6 is 0 Å². The van der Waals surface area contributed by atoms with Crippen molar-refractivity contribution >= 4 is 11.8 Å². The molecule has 7 heteroatoms. The highest BCUT2D eigenvalue weighted by Crippen LogP contribution is 2.35. The predicted octanol–water partition coefficient (Wildman–Crippen LogP) is 1.06. The first kappa shape index (κ1) is 13.2. The van der Waals surface area contributed by atoms with Gasteiger partial charge in [0.05, 0.1) is 13.0 Å². The summed E-state index contributed by atoms with van der Waals surface area (Å²) in [5, 5.41) is 2.56. The van der Waals surface area contributed by atoms with Crippen molar-refractivity contribution < 1.29 is 22.8 Å². The molecule has 1 aliphatic heterocycles. The lowest BCUT2D eigenvalue weighted by atomic mass is 10.1. The zero-order valence-corrected chi connectivity index (χ0v) is 9.96. The van der Waals surface area contributed by atoms with Crippen LogP contribution in [-0.2, 0) is 9.59 Å². The van der Waals surface area contributed by atoms with E-state index in [-0.39, 0.29) is 24.3 Å². The molecule has 1 heterocycles. The maximum absolute atomic E-state index is 12.3. The highest BCUT2D eigenvalue weighted by molar-refractivity contribution is 5.95. The van der Waals surface area contributed by atoms with Crippen molar-refractivity contribution in [1.82, 2.24) is 10.2 Å². The molecule has 18 heavy (non-hydrogen) atoms. The number of hydrogen-bond acceptors (Lipinski definition) is 2. The Morgan fingerprint density at radius 3 is 2.50 bits per heavy atom. The molecule has 2 amide bonds. The fourth-order valence-corrected chi connectivity index (χ4v) is 2.26. The van der Waals surface area contributed by atoms with Crippen molar-refractivity contribution in [3.63, 3.8) is 0 Å². The van der Waals surface area contributed by atoms with Crippen LogP contribution in [-0.4, -0.2) is 41.5 Å². The normalized spacial score (nSPS) is 27.1. The van der Waals surface area contributed by atoms with Crippen LogP contribution in [0.15, 0.2) is 0 Å². The molecule has 2 atom stereocenters. The first-order valence-corrected chi connectivity index (χ1v) is 5.94. The van der Waals surface area contributed by atoms with E-state index < -0.39 is 24.7 Å². The number of hydrogen-bond donors (Lipinski definition) is 1. The fraction of sp³-hybridized carbons (Fsp3) is 0.818. The van der Waals surface area contributed by atoms with Crippen molar-refractivity contribution in [2.45, 2.75) is 44.4 Å². The number of alkyl halides is 3. The summed E-state index contributed by atoms with van der Waals surface area (Å²) in [5.41, 5.74) is 0. The zero-order valence-electron chi connectivity index (χ0n) is 9.96. The van der Waals surface area contributed by atoms with E-state index in [0.717, 1.165) is 17.7 Å². The summed E-state index contributed by atoms with van der Waals surface area (Å²) in [6, 6.07) is -1.62. The lowest BCUT2D eigenvalue weighted by molar-refractivity contribution is -0.160. The maximum atomic E-state index is 12.3. The number of carbonyl (C=O) groups is 2. The second-order valence-electron chi connectivity index (χ2n) is 5.02. The van der Waals surface area contributed by atoms with Gasteiger partial charge >= 0.3 is 6.18 Å². The van der Waals surface area contributed by atoms with Crippen LogP contribution in [0.25, 0.3) is 0 Å². The molecule has 0 aromatic rings. The summed E-state index contributed by atoms with van der Waals surface area (Å²) in [4.78, 5) is 24.5. The van der Waals surface area contributed by atoms with Gasteiger partial charge < -0.3 is 10.2 Å². The van der Waals surface area contributed by atoms with Crippen LogP contribution in [0.1, 0.15) is 26.2 Å². The molecule has 102 valence electrons. The summed E-state index contributed by atoms with van der Waals surface area (Å²) in [7, 11) is 0. The third-order valence-electron chi connectivity index (χ3n) is 3.33. The number of amides is 2. The van der Waals surface area contributed by atoms with E-state index in [1.165, 1.54) is 6.92 Å². The van der Waals surface area contributed by atoms with Crippen LogP contribution < -0.4 is 5.32 Å². The number of piperazine rings is 1. The van der Waals surface area contributed by atoms with E-state index in [0.29, 0.717) is 0 Å². The molecule has 1 saturated heterocycles. The summed E-state index contributed by atoms with van der Waals surface area (Å²) < 4.78 is 36.9. The van der Waals surface area contributed by atoms with Crippen LogP contribution in [0.2, 0.25) is 0 Å². The van der Waals surface area contributed by atoms with Crippen molar-refractivity contribution in [3.8, 4) is 0 Å². The van der Waals surface area contributed by atoms with Crippen molar-refractivity contribution in [2.75, 3.05) is 6.54 Å². The van der Waals surface area contributed by atoms with Crippen LogP contribution in [0.5, 0.6) is 0 Å². The van der Waals surface area contributed by atoms with E-state index >= 15 is 0 Å². The van der Waals surface area contributed by atoms with Gasteiger partial charge in [0.1, 0.15) is 6.04 Å². The lowest BCUT2D eigenvalue weighted by Crippen LogP contribution is -2.61. The highest BCUT2D eigenvalue weighted by Gasteiger charge is 2.45. The quantitative estimate of drug-likeness (QED) is 0.828. The van der Waals surface area contributed by atoms with Gasteiger partial charge in [0.15, 0.2) is 0 Å². The van der Waals surface area contributed by atoms with E-state index in [9.17, 15) is 22.8 Å². The second-order valence-corrected chi connectivity index (χ2v) is 5.02. The molecule has 0 bridgehead atoms. The van der Waals surface area contributed by atoms with Gasteiger partial charge in [-0.25, -0.2) is 0 Å². The van der Waals surface area contributed by atoms with E-state index in [4.69, 9.17) is 0 Å². The second kappa shape index (κ2) is 4.44. The SMILES string of the molecule is CC(CC(F)(F)F)N1CC(=O)NC(C2CC2)C1=O. The Kier molecular flexibility index (Phi) is 3.25. The molecule has 2 aliphatic rings. The standard InChI is InChI=1S/C11H15F3N2O2/c1-6(4-11(12,13)14)16-5-8(17)15-9(10(16)18)7-2-3-7/h6-7,9H,2-5H2,1H3,(H,15,17). The molecular weight excluding hydrogens is 249 g/mol. The molecule has 2 fully saturated rings. The van der Waals surface area contributed by atoms with Gasteiger partial charge in [0, 0.05) is 6.04 Å². The zero-order chi connectivity index (χ0) is 13.5. The largest absolute Gasteiger partial charge is 0.391 e. The van der Waals surface area contributed by atoms with Gasteiger partial charge in [0.25, 0.3) is 0 Å². The smallest absolute Gasteiger partial charge is 0.342 e. The van der Waals surface area contributed by atoms with Crippen molar-refractivity contribution in [2.24, 2.45) is 5.92 Å². The fourth-order valence-electron chi connectivity index (χ4n) is 2.26. The molecule has 1 N–H and O–H groups in total. The first-order valence-electron chi connectivity index (χ1n) is 5.94. The van der Waals surface area contributed by atoms with Gasteiger partial charge in [-0.3, -0.25) is 9.59 Å². The number of halogens is 3. The van der Waals surface area contributed by atoms with Crippen molar-refractivity contribution in [3.05, 3.63) is 0 Å². The van der Waals surface area contributed by atoms with Gasteiger partial charge in [-0.05, 0) is 25.7 Å². The third-order valence-corrected chi connectivity index (χ3v) is 3.33. The molecule has 0 radical (unpaired) electrons. The number of nitrogens with one attached hydrogen (secondary N) is 1. The van der Waals surface area contributed by atoms with E-state index in [2.05, 4.69) is 5.32 Å². The first-order chi connectivity index (χ1) is 8.28. The topological polar surface area (TPSA) is 49.4 Å². The molecule has 0 aromatic carbocycles. The third kappa shape index (κ3) is 2.94. The molecule has 0 aromatic heterocycles. The van der Waals surface area contributed by atoms with E-state index in [1.54, 1.807) is 0 Å². The summed E-state index contributed by atoms with van der Waals surface area (Å²) >= 11 is 0. The number of carbonyl (C=O) groups excluding carboxylic acids is 2. The number of rotatable bonds is 3. The Morgan fingerprint density at radius 2 is 2.00 bits per heavy atom. The van der Waals surface area contributed by atoms with E-state index in [1.807, 2.05) is 0 Å². The molecule has 1 saturated carbocycles. The number of nitrogens with zero attached hydrogens (tertiary/aromatic N) is 1. The predicted molar refractivity (Wildman–Crippen MR) is 56.5 cm³/mol. The van der Waals surface area contributed by atoms with Crippen LogP contribution in [0.4, 0.5) is 13.2 Å². The Labute approximate surface area is 103 Å². The summed E-state index contributed by atoms with van der Waals surface area (Å²) in [6.45, 7) is 1.05. The van der Waals surface area contributed by atoms with Crippen LogP contribution in [0, 0.1) is 5.92 Å². The van der Waals surface area contributed by atoms with Crippen LogP contribution in [0.3, 0.4) is 0 Å². The molecule has 1 aliphatic carbocycles. The van der Waals surface area contributed by atoms with Gasteiger partial charge in [-0.15, -0.1) is 0 Å². The minimum atomic E-state index is -4.33. The van der Waals surface area contributed by atoms with Gasteiger partial charge in [-0.2, -0.15) is 13.2 Å². The average Bonchev–Trinajstić information content (AvgIpc) is 3.01.